The predicted molar refractivity (Wildman–Crippen MR) is 180 cm³/mol. The van der Waals surface area contributed by atoms with Crippen LogP contribution in [-0.2, 0) is 30.3 Å². The fourth-order valence-corrected chi connectivity index (χ4v) is 5.57. The Morgan fingerprint density at radius 3 is 2.30 bits per heavy atom. The van der Waals surface area contributed by atoms with Gasteiger partial charge >= 0.3 is 11.9 Å². The van der Waals surface area contributed by atoms with Gasteiger partial charge in [-0.1, -0.05) is 46.2 Å². The van der Waals surface area contributed by atoms with Crippen LogP contribution in [0, 0.1) is 11.8 Å². The van der Waals surface area contributed by atoms with Crippen LogP contribution in [0.25, 0.3) is 0 Å². The molecule has 1 aromatic carbocycles. The average Bonchev–Trinajstić information content (AvgIpc) is 3.56. The molecule has 14 heteroatoms. The summed E-state index contributed by atoms with van der Waals surface area (Å²) in [5.41, 5.74) is 6.82. The lowest BCUT2D eigenvalue weighted by Crippen LogP contribution is -2.59. The molecule has 1 aromatic heterocycles. The maximum Gasteiger partial charge on any atom is 0.337 e. The number of amides is 3. The number of carboxylic acid groups (broad SMARTS) is 1. The second-order valence-electron chi connectivity index (χ2n) is 12.0. The zero-order valence-corrected chi connectivity index (χ0v) is 28.5. The summed E-state index contributed by atoms with van der Waals surface area (Å²) in [6.45, 7) is 7.63. The second-order valence-corrected chi connectivity index (χ2v) is 13.1. The van der Waals surface area contributed by atoms with E-state index >= 15 is 0 Å². The van der Waals surface area contributed by atoms with Crippen LogP contribution in [0.15, 0.2) is 41.8 Å². The first kappa shape index (κ1) is 39.2. The molecule has 0 saturated heterocycles. The number of carbonyl (C=O) groups excluding carboxylic acids is 4. The Hall–Kier alpha value is -4.01. The molecule has 0 bridgehead atoms. The molecule has 0 radical (unpaired) electrons. The van der Waals surface area contributed by atoms with Gasteiger partial charge in [0.1, 0.15) is 12.1 Å². The zero-order valence-electron chi connectivity index (χ0n) is 27.7. The Kier molecular flexibility index (Phi) is 16.3. The van der Waals surface area contributed by atoms with Crippen molar-refractivity contribution < 1.29 is 38.9 Å². The molecule has 0 aliphatic carbocycles. The van der Waals surface area contributed by atoms with Gasteiger partial charge in [0.05, 0.1) is 30.9 Å². The number of hydrogen-bond donors (Lipinski definition) is 7. The van der Waals surface area contributed by atoms with E-state index in [0.29, 0.717) is 24.1 Å². The molecule has 260 valence electrons. The molecule has 0 aliphatic heterocycles. The van der Waals surface area contributed by atoms with Gasteiger partial charge in [0.25, 0.3) is 0 Å². The van der Waals surface area contributed by atoms with Crippen LogP contribution in [0.4, 0.5) is 5.69 Å². The van der Waals surface area contributed by atoms with Crippen LogP contribution in [0.5, 0.6) is 0 Å². The van der Waals surface area contributed by atoms with Crippen molar-refractivity contribution in [3.8, 4) is 0 Å². The molecule has 1 heterocycles. The number of carbonyl (C=O) groups is 5. The predicted octanol–water partition coefficient (Wildman–Crippen LogP) is 2.29. The third-order valence-corrected chi connectivity index (χ3v) is 8.63. The normalized spacial score (nSPS) is 15.0. The fraction of sp³-hybridized carbons (Fsp3) is 0.545. The molecule has 0 aliphatic rings. The summed E-state index contributed by atoms with van der Waals surface area (Å²) in [7, 11) is 1.29. The lowest BCUT2D eigenvalue weighted by molar-refractivity contribution is -0.137. The van der Waals surface area contributed by atoms with E-state index in [2.05, 4.69) is 21.3 Å². The minimum absolute atomic E-state index is 0.0640. The first-order valence-corrected chi connectivity index (χ1v) is 16.6. The van der Waals surface area contributed by atoms with Gasteiger partial charge < -0.3 is 42.0 Å². The summed E-state index contributed by atoms with van der Waals surface area (Å²) in [4.78, 5) is 63.9. The molecule has 0 unspecified atom stereocenters. The first-order chi connectivity index (χ1) is 22.2. The highest BCUT2D eigenvalue weighted by Crippen LogP contribution is 2.17. The van der Waals surface area contributed by atoms with E-state index in [1.165, 1.54) is 18.4 Å². The highest BCUT2D eigenvalue weighted by Gasteiger charge is 2.33. The molecule has 0 saturated carbocycles. The van der Waals surface area contributed by atoms with E-state index in [1.54, 1.807) is 31.2 Å². The van der Waals surface area contributed by atoms with Crippen molar-refractivity contribution in [1.29, 1.82) is 0 Å². The molecule has 3 amide bonds. The SMILES string of the molecule is CC[C@H](C)[C@H](NC(=O)[C@@H](N)CCC(=O)O)C(=O)N[C@@H](Cc1cccs1)C(=O)N[C@@H](CC(C)C)[C@H](O)CNc1cccc(C(=O)OC)c1. The fourth-order valence-electron chi connectivity index (χ4n) is 4.82. The van der Waals surface area contributed by atoms with Crippen LogP contribution in [0.3, 0.4) is 0 Å². The number of methoxy groups -OCH3 is 1. The van der Waals surface area contributed by atoms with E-state index in [9.17, 15) is 29.1 Å². The van der Waals surface area contributed by atoms with Gasteiger partial charge in [0.2, 0.25) is 17.7 Å². The van der Waals surface area contributed by atoms with Gasteiger partial charge in [0.15, 0.2) is 0 Å². The van der Waals surface area contributed by atoms with Gasteiger partial charge in [-0.05, 0) is 54.3 Å². The van der Waals surface area contributed by atoms with Crippen molar-refractivity contribution in [2.75, 3.05) is 19.0 Å². The highest BCUT2D eigenvalue weighted by molar-refractivity contribution is 7.09. The number of aliphatic hydroxyl groups is 1. The number of benzene rings is 1. The number of anilines is 1. The molecule has 47 heavy (non-hydrogen) atoms. The molecule has 0 fully saturated rings. The number of ether oxygens (including phenoxy) is 1. The number of carboxylic acids is 1. The molecule has 8 N–H and O–H groups in total. The van der Waals surface area contributed by atoms with Crippen LogP contribution >= 0.6 is 11.3 Å². The molecule has 2 aromatic rings. The number of nitrogens with one attached hydrogen (secondary N) is 4. The molecule has 0 spiro atoms. The Labute approximate surface area is 280 Å². The van der Waals surface area contributed by atoms with Crippen LogP contribution in [-0.4, -0.2) is 83.8 Å². The Bertz CT molecular complexity index is 1320. The number of aliphatic hydroxyl groups excluding tert-OH is 1. The Balaban J connectivity index is 2.22. The molecule has 6 atom stereocenters. The number of thiophene rings is 1. The van der Waals surface area contributed by atoms with Crippen molar-refractivity contribution in [3.63, 3.8) is 0 Å². The smallest absolute Gasteiger partial charge is 0.337 e. The number of rotatable bonds is 20. The van der Waals surface area contributed by atoms with Crippen molar-refractivity contribution in [3.05, 3.63) is 52.2 Å². The maximum atomic E-state index is 13.8. The van der Waals surface area contributed by atoms with Crippen molar-refractivity contribution >= 4 is 46.7 Å². The highest BCUT2D eigenvalue weighted by atomic mass is 32.1. The van der Waals surface area contributed by atoms with E-state index in [-0.39, 0.29) is 37.6 Å². The maximum absolute atomic E-state index is 13.8. The van der Waals surface area contributed by atoms with Crippen molar-refractivity contribution in [1.82, 2.24) is 16.0 Å². The Morgan fingerprint density at radius 1 is 0.979 bits per heavy atom. The van der Waals surface area contributed by atoms with Gasteiger partial charge in [-0.2, -0.15) is 0 Å². The largest absolute Gasteiger partial charge is 0.481 e. The van der Waals surface area contributed by atoms with E-state index < -0.39 is 59.9 Å². The molecule has 2 rings (SSSR count). The summed E-state index contributed by atoms with van der Waals surface area (Å²) in [5, 5.41) is 33.5. The quantitative estimate of drug-likeness (QED) is 0.102. The number of nitrogens with two attached hydrogens (primary N) is 1. The minimum atomic E-state index is -1.12. The van der Waals surface area contributed by atoms with Gasteiger partial charge in [-0.15, -0.1) is 11.3 Å². The zero-order chi connectivity index (χ0) is 35.1. The topological polar surface area (TPSA) is 209 Å². The van der Waals surface area contributed by atoms with Crippen molar-refractivity contribution in [2.45, 2.75) is 90.1 Å². The lowest BCUT2D eigenvalue weighted by Gasteiger charge is -2.30. The van der Waals surface area contributed by atoms with Gasteiger partial charge in [0, 0.05) is 30.0 Å². The monoisotopic (exact) mass is 675 g/mol. The van der Waals surface area contributed by atoms with Crippen LogP contribution in [0.1, 0.15) is 68.6 Å². The third-order valence-electron chi connectivity index (χ3n) is 7.73. The van der Waals surface area contributed by atoms with Crippen molar-refractivity contribution in [2.24, 2.45) is 17.6 Å². The van der Waals surface area contributed by atoms with E-state index in [4.69, 9.17) is 15.6 Å². The summed E-state index contributed by atoms with van der Waals surface area (Å²) in [5.74, 6) is -3.53. The standard InChI is InChI=1S/C33H49N5O8S/c1-6-20(4)29(38-30(42)24(34)12-13-28(40)41)32(44)37-26(17-23-11-8-14-47-23)31(43)36-25(15-19(2)3)27(39)18-35-22-10-7-9-21(16-22)33(45)46-5/h7-11,14,16,19-20,24-27,29,35,39H,6,12-13,15,17-18,34H2,1-5H3,(H,36,43)(H,37,44)(H,38,42)(H,40,41)/t20-,24-,25-,26-,27+,29-/m0/s1. The second kappa shape index (κ2) is 19.6. The Morgan fingerprint density at radius 2 is 1.70 bits per heavy atom. The minimum Gasteiger partial charge on any atom is -0.481 e. The van der Waals surface area contributed by atoms with E-state index in [0.717, 1.165) is 4.88 Å². The first-order valence-electron chi connectivity index (χ1n) is 15.8. The van der Waals surface area contributed by atoms with Gasteiger partial charge in [-0.3, -0.25) is 19.2 Å². The number of aliphatic carboxylic acids is 1. The average molecular weight is 676 g/mol. The number of esters is 1. The molecular formula is C33H49N5O8S. The number of hydrogen-bond acceptors (Lipinski definition) is 10. The van der Waals surface area contributed by atoms with Crippen LogP contribution < -0.4 is 27.0 Å². The van der Waals surface area contributed by atoms with Crippen LogP contribution in [0.2, 0.25) is 0 Å². The van der Waals surface area contributed by atoms with Gasteiger partial charge in [-0.25, -0.2) is 4.79 Å². The lowest BCUT2D eigenvalue weighted by atomic mass is 9.96. The summed E-state index contributed by atoms with van der Waals surface area (Å²) in [6.07, 6.45) is -0.266. The summed E-state index contributed by atoms with van der Waals surface area (Å²) in [6, 6.07) is 6.47. The molecule has 13 nitrogen and oxygen atoms in total. The van der Waals surface area contributed by atoms with E-state index in [1.807, 2.05) is 38.3 Å². The summed E-state index contributed by atoms with van der Waals surface area (Å²) < 4.78 is 4.77. The summed E-state index contributed by atoms with van der Waals surface area (Å²) >= 11 is 1.43. The third kappa shape index (κ3) is 13.3. The molecular weight excluding hydrogens is 626 g/mol.